The van der Waals surface area contributed by atoms with Crippen LogP contribution in [-0.2, 0) is 0 Å². The van der Waals surface area contributed by atoms with Gasteiger partial charge in [-0.1, -0.05) is 17.7 Å². The Bertz CT molecular complexity index is 1360. The van der Waals surface area contributed by atoms with Crippen molar-refractivity contribution in [3.63, 3.8) is 0 Å². The highest BCUT2D eigenvalue weighted by Gasteiger charge is 2.26. The van der Waals surface area contributed by atoms with Crippen LogP contribution in [0, 0.1) is 6.92 Å². The predicted molar refractivity (Wildman–Crippen MR) is 132 cm³/mol. The highest BCUT2D eigenvalue weighted by atomic mass is 35.5. The normalized spacial score (nSPS) is 18.8. The van der Waals surface area contributed by atoms with Crippen molar-refractivity contribution in [2.45, 2.75) is 19.4 Å². The zero-order chi connectivity index (χ0) is 21.7. The molecule has 32 heavy (non-hydrogen) atoms. The standard InChI is InChI=1S/C26H23ClN2O2S/c1-16-2-4-20-23(28-16)5-6-24-26(20)31-19(14-30-24)13-29-10-8-17(9-11-29)22-15-32-25-7-3-18(27)12-21(22)25/h2-8,12,15,19H,9-11,13-14H2,1H3. The average Bonchev–Trinajstić information content (AvgIpc) is 3.22. The first-order valence-corrected chi connectivity index (χ1v) is 12.2. The van der Waals surface area contributed by atoms with E-state index >= 15 is 0 Å². The van der Waals surface area contributed by atoms with Crippen molar-refractivity contribution >= 4 is 49.5 Å². The summed E-state index contributed by atoms with van der Waals surface area (Å²) in [5.74, 6) is 1.63. The SMILES string of the molecule is Cc1ccc2c3c(ccc2n1)OCC(CN1CC=C(c2csc4ccc(Cl)cc24)CC1)O3. The molecule has 4 heterocycles. The van der Waals surface area contributed by atoms with Gasteiger partial charge in [-0.3, -0.25) is 9.88 Å². The Morgan fingerprint density at radius 1 is 1.16 bits per heavy atom. The first-order chi connectivity index (χ1) is 15.6. The van der Waals surface area contributed by atoms with E-state index in [2.05, 4.69) is 39.5 Å². The third-order valence-corrected chi connectivity index (χ3v) is 7.47. The van der Waals surface area contributed by atoms with Crippen LogP contribution in [0.5, 0.6) is 11.5 Å². The van der Waals surface area contributed by atoms with Crippen molar-refractivity contribution in [3.05, 3.63) is 70.2 Å². The van der Waals surface area contributed by atoms with Crippen LogP contribution in [-0.4, -0.2) is 42.2 Å². The van der Waals surface area contributed by atoms with Gasteiger partial charge in [-0.2, -0.15) is 0 Å². The summed E-state index contributed by atoms with van der Waals surface area (Å²) in [6, 6.07) is 14.2. The summed E-state index contributed by atoms with van der Waals surface area (Å²) in [5.41, 5.74) is 4.69. The molecule has 0 radical (unpaired) electrons. The second kappa shape index (κ2) is 8.07. The smallest absolute Gasteiger partial charge is 0.171 e. The molecule has 6 rings (SSSR count). The zero-order valence-electron chi connectivity index (χ0n) is 17.8. The fourth-order valence-corrected chi connectivity index (χ4v) is 5.76. The molecule has 1 unspecified atom stereocenters. The molecule has 2 aromatic heterocycles. The lowest BCUT2D eigenvalue weighted by molar-refractivity contribution is 0.0632. The predicted octanol–water partition coefficient (Wildman–Crippen LogP) is 6.34. The summed E-state index contributed by atoms with van der Waals surface area (Å²) < 4.78 is 13.8. The number of aromatic nitrogens is 1. The number of benzene rings is 2. The topological polar surface area (TPSA) is 34.6 Å². The van der Waals surface area contributed by atoms with E-state index in [0.29, 0.717) is 6.61 Å². The fourth-order valence-electron chi connectivity index (χ4n) is 4.63. The number of halogens is 1. The largest absolute Gasteiger partial charge is 0.486 e. The van der Waals surface area contributed by atoms with Crippen molar-refractivity contribution in [1.29, 1.82) is 0 Å². The van der Waals surface area contributed by atoms with Gasteiger partial charge >= 0.3 is 0 Å². The van der Waals surface area contributed by atoms with E-state index < -0.39 is 0 Å². The number of rotatable bonds is 3. The molecule has 0 spiro atoms. The van der Waals surface area contributed by atoms with Gasteiger partial charge in [0.25, 0.3) is 0 Å². The van der Waals surface area contributed by atoms with E-state index in [-0.39, 0.29) is 6.10 Å². The summed E-state index contributed by atoms with van der Waals surface area (Å²) >= 11 is 8.03. The summed E-state index contributed by atoms with van der Waals surface area (Å²) in [4.78, 5) is 7.07. The number of fused-ring (bicyclic) bond motifs is 4. The maximum absolute atomic E-state index is 6.42. The summed E-state index contributed by atoms with van der Waals surface area (Å²) in [7, 11) is 0. The van der Waals surface area contributed by atoms with E-state index in [4.69, 9.17) is 21.1 Å². The third-order valence-electron chi connectivity index (χ3n) is 6.27. The molecule has 2 aliphatic heterocycles. The number of hydrogen-bond donors (Lipinski definition) is 0. The van der Waals surface area contributed by atoms with E-state index in [1.165, 1.54) is 21.2 Å². The van der Waals surface area contributed by atoms with Gasteiger partial charge in [-0.15, -0.1) is 11.3 Å². The Labute approximate surface area is 196 Å². The van der Waals surface area contributed by atoms with Crippen LogP contribution in [0.3, 0.4) is 0 Å². The van der Waals surface area contributed by atoms with Gasteiger partial charge in [0.2, 0.25) is 0 Å². The fraction of sp³-hybridized carbons (Fsp3) is 0.269. The van der Waals surface area contributed by atoms with Crippen LogP contribution >= 0.6 is 22.9 Å². The minimum absolute atomic E-state index is 0.00476. The molecule has 162 valence electrons. The van der Waals surface area contributed by atoms with Gasteiger partial charge in [0, 0.05) is 45.8 Å². The van der Waals surface area contributed by atoms with Crippen LogP contribution in [0.25, 0.3) is 26.6 Å². The number of ether oxygens (including phenoxy) is 2. The quantitative estimate of drug-likeness (QED) is 0.356. The molecule has 0 aliphatic carbocycles. The van der Waals surface area contributed by atoms with Gasteiger partial charge in [0.05, 0.1) is 5.52 Å². The van der Waals surface area contributed by atoms with E-state index in [1.807, 2.05) is 31.2 Å². The molecule has 2 aromatic carbocycles. The molecule has 4 nitrogen and oxygen atoms in total. The van der Waals surface area contributed by atoms with Gasteiger partial charge in [-0.25, -0.2) is 0 Å². The number of nitrogens with zero attached hydrogens (tertiary/aromatic N) is 2. The average molecular weight is 463 g/mol. The first-order valence-electron chi connectivity index (χ1n) is 10.9. The van der Waals surface area contributed by atoms with Crippen LogP contribution in [0.4, 0.5) is 0 Å². The van der Waals surface area contributed by atoms with E-state index in [1.54, 1.807) is 11.3 Å². The van der Waals surface area contributed by atoms with Crippen molar-refractivity contribution in [2.75, 3.05) is 26.2 Å². The Hall–Kier alpha value is -2.60. The molecule has 0 bridgehead atoms. The molecular weight excluding hydrogens is 440 g/mol. The van der Waals surface area contributed by atoms with Crippen LogP contribution in [0.1, 0.15) is 17.7 Å². The maximum atomic E-state index is 6.42. The highest BCUT2D eigenvalue weighted by molar-refractivity contribution is 7.17. The minimum atomic E-state index is 0.00476. The Kier molecular flexibility index (Phi) is 5.05. The van der Waals surface area contributed by atoms with Gasteiger partial charge in [0.1, 0.15) is 12.7 Å². The van der Waals surface area contributed by atoms with Gasteiger partial charge in [-0.05, 0) is 72.3 Å². The third kappa shape index (κ3) is 3.64. The minimum Gasteiger partial charge on any atom is -0.486 e. The molecule has 0 amide bonds. The number of hydrogen-bond acceptors (Lipinski definition) is 5. The molecule has 1 atom stereocenters. The lowest BCUT2D eigenvalue weighted by atomic mass is 9.99. The second-order valence-corrected chi connectivity index (χ2v) is 9.84. The van der Waals surface area contributed by atoms with Gasteiger partial charge < -0.3 is 9.47 Å². The maximum Gasteiger partial charge on any atom is 0.171 e. The number of aryl methyl sites for hydroxylation is 1. The molecule has 0 saturated heterocycles. The van der Waals surface area contributed by atoms with Crippen LogP contribution < -0.4 is 9.47 Å². The van der Waals surface area contributed by atoms with Crippen molar-refractivity contribution in [2.24, 2.45) is 0 Å². The molecule has 4 aromatic rings. The van der Waals surface area contributed by atoms with Crippen molar-refractivity contribution in [1.82, 2.24) is 9.88 Å². The molecule has 0 fully saturated rings. The molecule has 0 N–H and O–H groups in total. The zero-order valence-corrected chi connectivity index (χ0v) is 19.4. The van der Waals surface area contributed by atoms with Crippen LogP contribution in [0.15, 0.2) is 53.9 Å². The Morgan fingerprint density at radius 3 is 2.97 bits per heavy atom. The molecular formula is C26H23ClN2O2S. The molecule has 2 aliphatic rings. The molecule has 6 heteroatoms. The highest BCUT2D eigenvalue weighted by Crippen LogP contribution is 2.39. The summed E-state index contributed by atoms with van der Waals surface area (Å²) in [5, 5.41) is 5.33. The Balaban J connectivity index is 1.17. The van der Waals surface area contributed by atoms with Crippen molar-refractivity contribution < 1.29 is 9.47 Å². The lowest BCUT2D eigenvalue weighted by Crippen LogP contribution is -2.42. The van der Waals surface area contributed by atoms with E-state index in [9.17, 15) is 0 Å². The number of thiophene rings is 1. The van der Waals surface area contributed by atoms with Crippen LogP contribution in [0.2, 0.25) is 5.02 Å². The number of pyridine rings is 1. The lowest BCUT2D eigenvalue weighted by Gasteiger charge is -2.33. The Morgan fingerprint density at radius 2 is 2.09 bits per heavy atom. The summed E-state index contributed by atoms with van der Waals surface area (Å²) in [6.07, 6.45) is 3.38. The monoisotopic (exact) mass is 462 g/mol. The second-order valence-electron chi connectivity index (χ2n) is 8.49. The first kappa shape index (κ1) is 20.0. The van der Waals surface area contributed by atoms with Crippen molar-refractivity contribution in [3.8, 4) is 11.5 Å². The van der Waals surface area contributed by atoms with Gasteiger partial charge in [0.15, 0.2) is 11.5 Å². The van der Waals surface area contributed by atoms with E-state index in [0.717, 1.165) is 59.2 Å². The summed E-state index contributed by atoms with van der Waals surface area (Å²) in [6.45, 7) is 5.33. The molecule has 0 saturated carbocycles.